The Morgan fingerprint density at radius 1 is 1.42 bits per heavy atom. The first-order valence-electron chi connectivity index (χ1n) is 8.00. The van der Waals surface area contributed by atoms with Crippen molar-refractivity contribution in [3.05, 3.63) is 41.6 Å². The largest absolute Gasteiger partial charge is 0.376 e. The van der Waals surface area contributed by atoms with Crippen LogP contribution in [0.15, 0.2) is 24.4 Å². The summed E-state index contributed by atoms with van der Waals surface area (Å²) >= 11 is 0. The Morgan fingerprint density at radius 2 is 2.17 bits per heavy atom. The van der Waals surface area contributed by atoms with Crippen molar-refractivity contribution in [3.8, 4) is 11.3 Å². The average molecular weight is 335 g/mol. The van der Waals surface area contributed by atoms with E-state index in [1.165, 1.54) is 12.3 Å². The summed E-state index contributed by atoms with van der Waals surface area (Å²) in [5.74, 6) is -1.80. The maximum Gasteiger partial charge on any atom is 0.257 e. The molecule has 1 fully saturated rings. The van der Waals surface area contributed by atoms with Gasteiger partial charge in [-0.1, -0.05) is 6.07 Å². The van der Waals surface area contributed by atoms with Crippen molar-refractivity contribution in [2.45, 2.75) is 25.9 Å². The molecule has 7 heteroatoms. The van der Waals surface area contributed by atoms with Crippen molar-refractivity contribution in [2.24, 2.45) is 0 Å². The molecule has 1 aliphatic rings. The molecule has 1 atom stereocenters. The second-order valence-corrected chi connectivity index (χ2v) is 5.73. The topological polar surface area (TPSA) is 58.2 Å². The first-order chi connectivity index (χ1) is 11.6. The molecule has 1 aromatic carbocycles. The number of aromatic amines is 1. The monoisotopic (exact) mass is 335 g/mol. The van der Waals surface area contributed by atoms with Gasteiger partial charge in [0.1, 0.15) is 11.6 Å². The van der Waals surface area contributed by atoms with Gasteiger partial charge in [-0.05, 0) is 31.9 Å². The van der Waals surface area contributed by atoms with Crippen molar-refractivity contribution in [2.75, 3.05) is 19.7 Å². The molecule has 1 aromatic heterocycles. The lowest BCUT2D eigenvalue weighted by molar-refractivity contribution is 0.0540. The Hall–Kier alpha value is -2.28. The third-order valence-electron chi connectivity index (χ3n) is 4.20. The highest BCUT2D eigenvalue weighted by atomic mass is 19.1. The first-order valence-corrected chi connectivity index (χ1v) is 8.00. The zero-order valence-electron chi connectivity index (χ0n) is 13.4. The molecule has 2 aromatic rings. The van der Waals surface area contributed by atoms with Crippen molar-refractivity contribution in [1.29, 1.82) is 0 Å². The zero-order chi connectivity index (χ0) is 17.1. The second kappa shape index (κ2) is 7.09. The number of carbonyl (C=O) groups is 1. The molecular weight excluding hydrogens is 316 g/mol. The van der Waals surface area contributed by atoms with Crippen LogP contribution < -0.4 is 0 Å². The molecule has 2 heterocycles. The van der Waals surface area contributed by atoms with E-state index in [4.69, 9.17) is 4.74 Å². The van der Waals surface area contributed by atoms with Crippen LogP contribution in [0.5, 0.6) is 0 Å². The fraction of sp³-hybridized carbons (Fsp3) is 0.412. The second-order valence-electron chi connectivity index (χ2n) is 5.73. The molecule has 0 spiro atoms. The number of rotatable bonds is 5. The average Bonchev–Trinajstić information content (AvgIpc) is 3.23. The number of halogens is 2. The Labute approximate surface area is 138 Å². The maximum absolute atomic E-state index is 14.0. The lowest BCUT2D eigenvalue weighted by Gasteiger charge is -2.24. The predicted molar refractivity (Wildman–Crippen MR) is 84.5 cm³/mol. The van der Waals surface area contributed by atoms with Gasteiger partial charge in [0.2, 0.25) is 0 Å². The molecule has 5 nitrogen and oxygen atoms in total. The maximum atomic E-state index is 14.0. The van der Waals surface area contributed by atoms with E-state index in [2.05, 4.69) is 10.2 Å². The van der Waals surface area contributed by atoms with Gasteiger partial charge in [-0.15, -0.1) is 0 Å². The van der Waals surface area contributed by atoms with Gasteiger partial charge in [0.25, 0.3) is 5.91 Å². The molecule has 0 saturated carbocycles. The lowest BCUT2D eigenvalue weighted by atomic mass is 10.1. The van der Waals surface area contributed by atoms with E-state index in [1.54, 1.807) is 4.90 Å². The molecule has 24 heavy (non-hydrogen) atoms. The molecule has 0 aliphatic carbocycles. The highest BCUT2D eigenvalue weighted by Crippen LogP contribution is 2.28. The van der Waals surface area contributed by atoms with Crippen LogP contribution in [0.1, 0.15) is 30.1 Å². The Balaban J connectivity index is 1.89. The summed E-state index contributed by atoms with van der Waals surface area (Å²) in [5.41, 5.74) is -0.0632. The van der Waals surface area contributed by atoms with Gasteiger partial charge in [-0.3, -0.25) is 9.89 Å². The molecule has 0 bridgehead atoms. The Kier molecular flexibility index (Phi) is 4.89. The van der Waals surface area contributed by atoms with E-state index < -0.39 is 11.6 Å². The van der Waals surface area contributed by atoms with Crippen LogP contribution >= 0.6 is 0 Å². The van der Waals surface area contributed by atoms with Gasteiger partial charge in [0, 0.05) is 19.7 Å². The van der Waals surface area contributed by atoms with Gasteiger partial charge in [0.05, 0.1) is 29.1 Å². The van der Waals surface area contributed by atoms with Gasteiger partial charge in [-0.2, -0.15) is 5.10 Å². The van der Waals surface area contributed by atoms with E-state index in [0.717, 1.165) is 25.0 Å². The molecule has 1 unspecified atom stereocenters. The SMILES string of the molecule is CCN(CC1CCCO1)C(=O)c1cn[nH]c1-c1c(F)cccc1F. The molecule has 0 radical (unpaired) electrons. The van der Waals surface area contributed by atoms with E-state index in [1.807, 2.05) is 6.92 Å². The van der Waals surface area contributed by atoms with E-state index in [-0.39, 0.29) is 28.8 Å². The van der Waals surface area contributed by atoms with Gasteiger partial charge in [0.15, 0.2) is 0 Å². The number of H-pyrrole nitrogens is 1. The number of nitrogens with one attached hydrogen (secondary N) is 1. The summed E-state index contributed by atoms with van der Waals surface area (Å²) in [4.78, 5) is 14.4. The van der Waals surface area contributed by atoms with Gasteiger partial charge >= 0.3 is 0 Å². The molecule has 1 N–H and O–H groups in total. The summed E-state index contributed by atoms with van der Waals surface area (Å²) in [6.07, 6.45) is 3.20. The fourth-order valence-corrected chi connectivity index (χ4v) is 2.94. The third-order valence-corrected chi connectivity index (χ3v) is 4.20. The van der Waals surface area contributed by atoms with E-state index in [9.17, 15) is 13.6 Å². The summed E-state index contributed by atoms with van der Waals surface area (Å²) in [5, 5.41) is 6.36. The number of likely N-dealkylation sites (N-methyl/N-ethyl adjacent to an activating group) is 1. The number of aromatic nitrogens is 2. The standard InChI is InChI=1S/C17H19F2N3O2/c1-2-22(10-11-5-4-8-24-11)17(23)12-9-20-21-16(12)15-13(18)6-3-7-14(15)19/h3,6-7,9,11H,2,4-5,8,10H2,1H3,(H,20,21). The number of hydrogen-bond donors (Lipinski definition) is 1. The zero-order valence-corrected chi connectivity index (χ0v) is 13.4. The quantitative estimate of drug-likeness (QED) is 0.914. The first kappa shape index (κ1) is 16.6. The van der Waals surface area contributed by atoms with Crippen molar-refractivity contribution in [3.63, 3.8) is 0 Å². The molecular formula is C17H19F2N3O2. The summed E-state index contributed by atoms with van der Waals surface area (Å²) in [6, 6.07) is 3.58. The smallest absolute Gasteiger partial charge is 0.257 e. The van der Waals surface area contributed by atoms with Gasteiger partial charge in [-0.25, -0.2) is 8.78 Å². The van der Waals surface area contributed by atoms with Gasteiger partial charge < -0.3 is 9.64 Å². The minimum absolute atomic E-state index is 0.00875. The van der Waals surface area contributed by atoms with Crippen LogP contribution in [-0.4, -0.2) is 46.8 Å². The summed E-state index contributed by atoms with van der Waals surface area (Å²) < 4.78 is 33.6. The molecule has 1 amide bonds. The molecule has 128 valence electrons. The van der Waals surface area contributed by atoms with Crippen LogP contribution in [0.3, 0.4) is 0 Å². The lowest BCUT2D eigenvalue weighted by Crippen LogP contribution is -2.37. The highest BCUT2D eigenvalue weighted by molar-refractivity contribution is 5.99. The number of carbonyl (C=O) groups excluding carboxylic acids is 1. The summed E-state index contributed by atoms with van der Waals surface area (Å²) in [7, 11) is 0. The van der Waals surface area contributed by atoms with Crippen molar-refractivity contribution < 1.29 is 18.3 Å². The van der Waals surface area contributed by atoms with Crippen LogP contribution in [-0.2, 0) is 4.74 Å². The number of amides is 1. The number of nitrogens with zero attached hydrogens (tertiary/aromatic N) is 2. The van der Waals surface area contributed by atoms with Crippen LogP contribution in [0.4, 0.5) is 8.78 Å². The fourth-order valence-electron chi connectivity index (χ4n) is 2.94. The normalized spacial score (nSPS) is 17.2. The molecule has 1 saturated heterocycles. The summed E-state index contributed by atoms with van der Waals surface area (Å²) in [6.45, 7) is 3.49. The van der Waals surface area contributed by atoms with E-state index in [0.29, 0.717) is 19.7 Å². The van der Waals surface area contributed by atoms with E-state index >= 15 is 0 Å². The Morgan fingerprint density at radius 3 is 2.79 bits per heavy atom. The van der Waals surface area contributed by atoms with Crippen molar-refractivity contribution >= 4 is 5.91 Å². The van der Waals surface area contributed by atoms with Crippen LogP contribution in [0.25, 0.3) is 11.3 Å². The third kappa shape index (κ3) is 3.17. The van der Waals surface area contributed by atoms with Crippen LogP contribution in [0.2, 0.25) is 0 Å². The minimum Gasteiger partial charge on any atom is -0.376 e. The minimum atomic E-state index is -0.740. The number of benzene rings is 1. The van der Waals surface area contributed by atoms with Crippen LogP contribution in [0, 0.1) is 11.6 Å². The molecule has 3 rings (SSSR count). The highest BCUT2D eigenvalue weighted by Gasteiger charge is 2.27. The predicted octanol–water partition coefficient (Wildman–Crippen LogP) is 3.00. The Bertz CT molecular complexity index is 706. The van der Waals surface area contributed by atoms with Crippen molar-refractivity contribution in [1.82, 2.24) is 15.1 Å². The molecule has 1 aliphatic heterocycles. The number of ether oxygens (including phenoxy) is 1. The number of hydrogen-bond acceptors (Lipinski definition) is 3.